The third-order valence-electron chi connectivity index (χ3n) is 2.35. The molecule has 0 atom stereocenters. The van der Waals surface area contributed by atoms with Crippen LogP contribution < -0.4 is 16.0 Å². The summed E-state index contributed by atoms with van der Waals surface area (Å²) in [6, 6.07) is 0. The number of aromatic nitrogens is 1. The molecule has 0 saturated heterocycles. The molecule has 10 heteroatoms. The average Bonchev–Trinajstić information content (AvgIpc) is 2.89. The summed E-state index contributed by atoms with van der Waals surface area (Å²) in [5.41, 5.74) is -0.897. The third-order valence-corrected chi connectivity index (χ3v) is 3.18. The van der Waals surface area contributed by atoms with Crippen molar-refractivity contribution in [1.29, 1.82) is 0 Å². The zero-order chi connectivity index (χ0) is 16.6. The number of carbonyl (C=O) groups excluding carboxylic acids is 1. The zero-order valence-electron chi connectivity index (χ0n) is 12.3. The van der Waals surface area contributed by atoms with Gasteiger partial charge in [-0.15, -0.1) is 11.3 Å². The Labute approximate surface area is 130 Å². The molecule has 3 N–H and O–H groups in total. The maximum atomic E-state index is 12.4. The predicted molar refractivity (Wildman–Crippen MR) is 78.6 cm³/mol. The lowest BCUT2D eigenvalue weighted by Gasteiger charge is -2.10. The van der Waals surface area contributed by atoms with E-state index in [1.807, 2.05) is 6.92 Å². The van der Waals surface area contributed by atoms with E-state index in [0.717, 1.165) is 16.7 Å². The van der Waals surface area contributed by atoms with Crippen molar-refractivity contribution in [2.45, 2.75) is 26.6 Å². The summed E-state index contributed by atoms with van der Waals surface area (Å²) in [7, 11) is 0. The van der Waals surface area contributed by atoms with Crippen molar-refractivity contribution < 1.29 is 18.0 Å². The first-order valence-corrected chi connectivity index (χ1v) is 7.49. The number of nitrogens with zero attached hydrogens (tertiary/aromatic N) is 2. The van der Waals surface area contributed by atoms with Crippen LogP contribution in [0.3, 0.4) is 0 Å². The summed E-state index contributed by atoms with van der Waals surface area (Å²) in [4.78, 5) is 18.4. The first kappa shape index (κ1) is 18.2. The highest BCUT2D eigenvalue weighted by atomic mass is 32.1. The fourth-order valence-electron chi connectivity index (χ4n) is 1.42. The fraction of sp³-hybridized carbons (Fsp3) is 0.583. The fourth-order valence-corrected chi connectivity index (χ4v) is 2.15. The van der Waals surface area contributed by atoms with Gasteiger partial charge in [-0.05, 0) is 6.92 Å². The van der Waals surface area contributed by atoms with Gasteiger partial charge < -0.3 is 16.0 Å². The van der Waals surface area contributed by atoms with Gasteiger partial charge in [0.25, 0.3) is 0 Å². The van der Waals surface area contributed by atoms with Gasteiger partial charge in [0.05, 0.1) is 6.54 Å². The first-order chi connectivity index (χ1) is 10.3. The molecule has 1 amide bonds. The van der Waals surface area contributed by atoms with Crippen molar-refractivity contribution in [3.05, 3.63) is 16.1 Å². The Kier molecular flexibility index (Phi) is 7.09. The monoisotopic (exact) mass is 337 g/mol. The second-order valence-electron chi connectivity index (χ2n) is 4.23. The Morgan fingerprint density at radius 1 is 1.32 bits per heavy atom. The summed E-state index contributed by atoms with van der Waals surface area (Å²) in [5.74, 6) is 0.322. The number of hydrogen-bond donors (Lipinski definition) is 3. The lowest BCUT2D eigenvalue weighted by atomic mass is 10.5. The number of thiazole rings is 1. The molecule has 22 heavy (non-hydrogen) atoms. The molecule has 124 valence electrons. The Bertz CT molecular complexity index is 515. The van der Waals surface area contributed by atoms with E-state index in [1.54, 1.807) is 0 Å². The lowest BCUT2D eigenvalue weighted by molar-refractivity contribution is -0.140. The summed E-state index contributed by atoms with van der Waals surface area (Å²) < 4.78 is 37.3. The minimum Gasteiger partial charge on any atom is -0.357 e. The first-order valence-electron chi connectivity index (χ1n) is 6.61. The molecule has 1 aromatic heterocycles. The van der Waals surface area contributed by atoms with Crippen molar-refractivity contribution in [3.8, 4) is 0 Å². The maximum absolute atomic E-state index is 12.4. The van der Waals surface area contributed by atoms with E-state index in [-0.39, 0.29) is 17.5 Å². The number of carbonyl (C=O) groups is 1. The van der Waals surface area contributed by atoms with Crippen LogP contribution in [0.15, 0.2) is 10.4 Å². The van der Waals surface area contributed by atoms with Gasteiger partial charge in [-0.3, -0.25) is 4.79 Å². The van der Waals surface area contributed by atoms with Crippen LogP contribution in [-0.2, 0) is 17.5 Å². The van der Waals surface area contributed by atoms with E-state index >= 15 is 0 Å². The topological polar surface area (TPSA) is 78.4 Å². The molecule has 0 aliphatic rings. The van der Waals surface area contributed by atoms with Gasteiger partial charge in [-0.2, -0.15) is 13.2 Å². The summed E-state index contributed by atoms with van der Waals surface area (Å²) in [5, 5.41) is 9.80. The van der Waals surface area contributed by atoms with Crippen LogP contribution in [0.25, 0.3) is 0 Å². The number of guanidine groups is 1. The minimum absolute atomic E-state index is 0.0518. The van der Waals surface area contributed by atoms with Crippen molar-refractivity contribution in [2.24, 2.45) is 4.99 Å². The Morgan fingerprint density at radius 2 is 2.00 bits per heavy atom. The Hall–Kier alpha value is -1.84. The van der Waals surface area contributed by atoms with E-state index in [9.17, 15) is 18.0 Å². The Balaban J connectivity index is 2.54. The smallest absolute Gasteiger partial charge is 0.357 e. The van der Waals surface area contributed by atoms with Crippen LogP contribution in [0, 0.1) is 0 Å². The molecule has 0 aliphatic heterocycles. The molecule has 0 radical (unpaired) electrons. The molecule has 0 unspecified atom stereocenters. The minimum atomic E-state index is -4.43. The molecule has 1 rings (SSSR count). The van der Waals surface area contributed by atoms with Crippen molar-refractivity contribution in [3.63, 3.8) is 0 Å². The molecule has 6 nitrogen and oxygen atoms in total. The van der Waals surface area contributed by atoms with Crippen molar-refractivity contribution in [1.82, 2.24) is 20.9 Å². The molecule has 0 saturated carbocycles. The van der Waals surface area contributed by atoms with Crippen LogP contribution >= 0.6 is 11.3 Å². The van der Waals surface area contributed by atoms with Crippen LogP contribution in [-0.4, -0.2) is 36.5 Å². The van der Waals surface area contributed by atoms with Gasteiger partial charge in [-0.25, -0.2) is 9.98 Å². The normalized spacial score (nSPS) is 12.1. The van der Waals surface area contributed by atoms with E-state index < -0.39 is 11.9 Å². The molecule has 0 fully saturated rings. The van der Waals surface area contributed by atoms with Gasteiger partial charge in [0.15, 0.2) is 11.7 Å². The van der Waals surface area contributed by atoms with Crippen molar-refractivity contribution >= 4 is 23.2 Å². The molecule has 1 heterocycles. The van der Waals surface area contributed by atoms with Crippen LogP contribution in [0.4, 0.5) is 13.2 Å². The van der Waals surface area contributed by atoms with Gasteiger partial charge in [0.1, 0.15) is 5.01 Å². The number of hydrogen-bond acceptors (Lipinski definition) is 4. The Morgan fingerprint density at radius 3 is 2.55 bits per heavy atom. The molecular formula is C12H18F3N5OS. The van der Waals surface area contributed by atoms with Gasteiger partial charge in [-0.1, -0.05) is 0 Å². The average molecular weight is 337 g/mol. The quantitative estimate of drug-likeness (QED) is 0.416. The van der Waals surface area contributed by atoms with Gasteiger partial charge in [0, 0.05) is 31.9 Å². The standard InChI is InChI=1S/C12H18F3N5OS/c1-3-16-11(18-5-4-17-8(2)21)19-6-10-20-9(7-22-10)12(13,14)15/h7H,3-6H2,1-2H3,(H,17,21)(H2,16,18,19). The summed E-state index contributed by atoms with van der Waals surface area (Å²) >= 11 is 0.918. The lowest BCUT2D eigenvalue weighted by Crippen LogP contribution is -2.41. The summed E-state index contributed by atoms with van der Waals surface area (Å²) in [6.45, 7) is 4.83. The van der Waals surface area contributed by atoms with Crippen LogP contribution in [0.5, 0.6) is 0 Å². The molecule has 1 aromatic rings. The van der Waals surface area contributed by atoms with Gasteiger partial charge >= 0.3 is 6.18 Å². The number of halogens is 3. The van der Waals surface area contributed by atoms with Crippen LogP contribution in [0.2, 0.25) is 0 Å². The molecule has 0 aliphatic carbocycles. The maximum Gasteiger partial charge on any atom is 0.434 e. The van der Waals surface area contributed by atoms with E-state index in [0.29, 0.717) is 25.6 Å². The van der Waals surface area contributed by atoms with Gasteiger partial charge in [0.2, 0.25) is 5.91 Å². The largest absolute Gasteiger partial charge is 0.434 e. The summed E-state index contributed by atoms with van der Waals surface area (Å²) in [6.07, 6.45) is -4.43. The highest BCUT2D eigenvalue weighted by Gasteiger charge is 2.33. The number of rotatable bonds is 6. The second kappa shape index (κ2) is 8.57. The van der Waals surface area contributed by atoms with E-state index in [2.05, 4.69) is 25.9 Å². The van der Waals surface area contributed by atoms with E-state index in [4.69, 9.17) is 0 Å². The van der Waals surface area contributed by atoms with Crippen molar-refractivity contribution in [2.75, 3.05) is 19.6 Å². The zero-order valence-corrected chi connectivity index (χ0v) is 13.1. The molecular weight excluding hydrogens is 319 g/mol. The predicted octanol–water partition coefficient (Wildman–Crippen LogP) is 1.35. The highest BCUT2D eigenvalue weighted by molar-refractivity contribution is 7.09. The molecule has 0 aromatic carbocycles. The second-order valence-corrected chi connectivity index (χ2v) is 5.17. The van der Waals surface area contributed by atoms with E-state index in [1.165, 1.54) is 6.92 Å². The molecule has 0 spiro atoms. The highest BCUT2D eigenvalue weighted by Crippen LogP contribution is 2.30. The number of nitrogens with one attached hydrogen (secondary N) is 3. The number of alkyl halides is 3. The van der Waals surface area contributed by atoms with Crippen LogP contribution in [0.1, 0.15) is 24.5 Å². The number of amides is 1. The molecule has 0 bridgehead atoms. The SMILES string of the molecule is CCNC(=NCc1nc(C(F)(F)F)cs1)NCCNC(C)=O. The third kappa shape index (κ3) is 6.74. The number of aliphatic imine (C=N–C) groups is 1.